The first-order valence-corrected chi connectivity index (χ1v) is 12.8. The fraction of sp³-hybridized carbons (Fsp3) is 0.391. The fourth-order valence-corrected chi connectivity index (χ4v) is 5.91. The third-order valence-electron chi connectivity index (χ3n) is 5.10. The summed E-state index contributed by atoms with van der Waals surface area (Å²) in [5, 5.41) is 0.627. The second-order valence-corrected chi connectivity index (χ2v) is 11.3. The van der Waals surface area contributed by atoms with E-state index in [9.17, 15) is 17.6 Å². The number of sulfone groups is 1. The van der Waals surface area contributed by atoms with Gasteiger partial charge in [-0.05, 0) is 75.8 Å². The molecule has 9 heteroatoms. The number of rotatable bonds is 9. The van der Waals surface area contributed by atoms with Gasteiger partial charge < -0.3 is 4.90 Å². The molecule has 0 spiro atoms. The first-order valence-electron chi connectivity index (χ1n) is 10.4. The van der Waals surface area contributed by atoms with E-state index in [-0.39, 0.29) is 29.4 Å². The molecule has 0 fully saturated rings. The average molecular weight is 478 g/mol. The van der Waals surface area contributed by atoms with Crippen molar-refractivity contribution in [1.29, 1.82) is 0 Å². The molecule has 0 radical (unpaired) electrons. The molecule has 3 aromatic rings. The molecule has 0 aliphatic rings. The van der Waals surface area contributed by atoms with Gasteiger partial charge in [0.25, 0.3) is 0 Å². The summed E-state index contributed by atoms with van der Waals surface area (Å²) in [5.41, 5.74) is 3.09. The predicted molar refractivity (Wildman–Crippen MR) is 128 cm³/mol. The van der Waals surface area contributed by atoms with Crippen LogP contribution in [0, 0.1) is 19.7 Å². The number of carbonyl (C=O) groups excluding carboxylic acids is 1. The summed E-state index contributed by atoms with van der Waals surface area (Å²) in [6.45, 7) is 5.16. The number of thiazole rings is 1. The highest BCUT2D eigenvalue weighted by Crippen LogP contribution is 2.32. The number of benzene rings is 2. The van der Waals surface area contributed by atoms with Crippen molar-refractivity contribution < 1.29 is 17.6 Å². The van der Waals surface area contributed by atoms with Gasteiger partial charge in [0.2, 0.25) is 5.91 Å². The molecule has 0 unspecified atom stereocenters. The first-order chi connectivity index (χ1) is 15.1. The molecule has 0 aliphatic heterocycles. The number of halogens is 1. The van der Waals surface area contributed by atoms with Crippen LogP contribution in [0.25, 0.3) is 10.2 Å². The van der Waals surface area contributed by atoms with E-state index in [4.69, 9.17) is 4.98 Å². The number of aryl methyl sites for hydroxylation is 2. The van der Waals surface area contributed by atoms with E-state index in [2.05, 4.69) is 12.1 Å². The summed E-state index contributed by atoms with van der Waals surface area (Å²) in [5.74, 6) is -0.823. The summed E-state index contributed by atoms with van der Waals surface area (Å²) >= 11 is 1.47. The Bertz CT molecular complexity index is 1210. The van der Waals surface area contributed by atoms with Crippen molar-refractivity contribution >= 4 is 42.4 Å². The van der Waals surface area contributed by atoms with Crippen LogP contribution in [0.15, 0.2) is 41.3 Å². The topological polar surface area (TPSA) is 70.6 Å². The normalized spacial score (nSPS) is 11.9. The van der Waals surface area contributed by atoms with Gasteiger partial charge in [-0.15, -0.1) is 0 Å². The number of nitrogens with zero attached hydrogens (tertiary/aromatic N) is 3. The number of hydrogen-bond acceptors (Lipinski definition) is 6. The molecular formula is C23H28FN3O3S2. The first kappa shape index (κ1) is 24.3. The summed E-state index contributed by atoms with van der Waals surface area (Å²) in [7, 11) is 0.290. The quantitative estimate of drug-likeness (QED) is 0.432. The Hall–Kier alpha value is -2.36. The van der Waals surface area contributed by atoms with Crippen molar-refractivity contribution in [3.63, 3.8) is 0 Å². The highest BCUT2D eigenvalue weighted by atomic mass is 32.2. The van der Waals surface area contributed by atoms with Gasteiger partial charge >= 0.3 is 0 Å². The van der Waals surface area contributed by atoms with Gasteiger partial charge in [0.1, 0.15) is 5.82 Å². The third kappa shape index (κ3) is 5.90. The van der Waals surface area contributed by atoms with Crippen LogP contribution in [0.1, 0.15) is 24.0 Å². The molecule has 2 aromatic carbocycles. The summed E-state index contributed by atoms with van der Waals surface area (Å²) in [6.07, 6.45) is 0.266. The predicted octanol–water partition coefficient (Wildman–Crippen LogP) is 4.20. The lowest BCUT2D eigenvalue weighted by molar-refractivity contribution is -0.118. The van der Waals surface area contributed by atoms with E-state index in [1.165, 1.54) is 23.5 Å². The molecule has 3 rings (SSSR count). The second-order valence-electron chi connectivity index (χ2n) is 8.15. The maximum atomic E-state index is 13.1. The van der Waals surface area contributed by atoms with Gasteiger partial charge in [-0.1, -0.05) is 17.4 Å². The van der Waals surface area contributed by atoms with Crippen LogP contribution >= 0.6 is 11.3 Å². The molecule has 6 nitrogen and oxygen atoms in total. The Kier molecular flexibility index (Phi) is 7.63. The van der Waals surface area contributed by atoms with E-state index in [1.54, 1.807) is 4.90 Å². The molecule has 0 N–H and O–H groups in total. The lowest BCUT2D eigenvalue weighted by Crippen LogP contribution is -2.36. The second kappa shape index (κ2) is 10.1. The van der Waals surface area contributed by atoms with Crippen LogP contribution in [0.4, 0.5) is 9.52 Å². The molecule has 0 saturated carbocycles. The van der Waals surface area contributed by atoms with Crippen LogP contribution < -0.4 is 4.90 Å². The minimum Gasteiger partial charge on any atom is -0.308 e. The summed E-state index contributed by atoms with van der Waals surface area (Å²) in [6, 6.07) is 8.88. The Balaban J connectivity index is 1.75. The minimum atomic E-state index is -3.58. The zero-order chi connectivity index (χ0) is 23.5. The van der Waals surface area contributed by atoms with Crippen molar-refractivity contribution in [2.75, 3.05) is 37.8 Å². The van der Waals surface area contributed by atoms with Crippen LogP contribution in [0.5, 0.6) is 0 Å². The molecular weight excluding hydrogens is 449 g/mol. The number of amides is 1. The molecule has 1 amide bonds. The van der Waals surface area contributed by atoms with Crippen molar-refractivity contribution in [1.82, 2.24) is 9.88 Å². The largest absolute Gasteiger partial charge is 0.308 e. The standard InChI is InChI=1S/C23H28FN3O3S2/c1-16-14-17(2)22-20(15-16)31-23(25-22)27(12-11-26(3)4)21(28)6-5-13-32(29,30)19-9-7-18(24)8-10-19/h7-10,14-15H,5-6,11-13H2,1-4H3. The molecule has 172 valence electrons. The van der Waals surface area contributed by atoms with E-state index in [1.807, 2.05) is 32.8 Å². The van der Waals surface area contributed by atoms with Crippen molar-refractivity contribution in [3.05, 3.63) is 53.3 Å². The van der Waals surface area contributed by atoms with Crippen LogP contribution in [-0.2, 0) is 14.6 Å². The summed E-state index contributed by atoms with van der Waals surface area (Å²) < 4.78 is 39.1. The Morgan fingerprint density at radius 1 is 1.09 bits per heavy atom. The third-order valence-corrected chi connectivity index (χ3v) is 7.94. The smallest absolute Gasteiger partial charge is 0.228 e. The maximum Gasteiger partial charge on any atom is 0.228 e. The zero-order valence-electron chi connectivity index (χ0n) is 18.8. The van der Waals surface area contributed by atoms with Gasteiger partial charge in [-0.3, -0.25) is 9.69 Å². The van der Waals surface area contributed by atoms with Gasteiger partial charge in [-0.25, -0.2) is 17.8 Å². The van der Waals surface area contributed by atoms with E-state index in [0.717, 1.165) is 33.5 Å². The van der Waals surface area contributed by atoms with Crippen molar-refractivity contribution in [3.8, 4) is 0 Å². The molecule has 1 aromatic heterocycles. The number of anilines is 1. The monoisotopic (exact) mass is 477 g/mol. The van der Waals surface area contributed by atoms with Gasteiger partial charge in [-0.2, -0.15) is 0 Å². The van der Waals surface area contributed by atoms with Crippen LogP contribution in [-0.4, -0.2) is 57.1 Å². The van der Waals surface area contributed by atoms with Crippen LogP contribution in [0.3, 0.4) is 0 Å². The highest BCUT2D eigenvalue weighted by Gasteiger charge is 2.22. The molecule has 0 saturated heterocycles. The summed E-state index contributed by atoms with van der Waals surface area (Å²) in [4.78, 5) is 21.5. The molecule has 0 bridgehead atoms. The highest BCUT2D eigenvalue weighted by molar-refractivity contribution is 7.91. The number of carbonyl (C=O) groups is 1. The molecule has 0 aliphatic carbocycles. The molecule has 0 atom stereocenters. The van der Waals surface area contributed by atoms with Crippen molar-refractivity contribution in [2.45, 2.75) is 31.6 Å². The fourth-order valence-electron chi connectivity index (χ4n) is 3.41. The lowest BCUT2D eigenvalue weighted by atomic mass is 10.1. The van der Waals surface area contributed by atoms with E-state index >= 15 is 0 Å². The van der Waals surface area contributed by atoms with Gasteiger partial charge in [0, 0.05) is 19.5 Å². The maximum absolute atomic E-state index is 13.1. The number of aromatic nitrogens is 1. The van der Waals surface area contributed by atoms with Crippen LogP contribution in [0.2, 0.25) is 0 Å². The lowest BCUT2D eigenvalue weighted by Gasteiger charge is -2.22. The van der Waals surface area contributed by atoms with Gasteiger partial charge in [0.15, 0.2) is 15.0 Å². The molecule has 1 heterocycles. The number of fused-ring (bicyclic) bond motifs is 1. The van der Waals surface area contributed by atoms with E-state index in [0.29, 0.717) is 18.2 Å². The Morgan fingerprint density at radius 3 is 2.44 bits per heavy atom. The SMILES string of the molecule is Cc1cc(C)c2nc(N(CCN(C)C)C(=O)CCCS(=O)(=O)c3ccc(F)cc3)sc2c1. The van der Waals surface area contributed by atoms with Gasteiger partial charge in [0.05, 0.1) is 20.9 Å². The number of hydrogen-bond donors (Lipinski definition) is 0. The van der Waals surface area contributed by atoms with Crippen molar-refractivity contribution in [2.24, 2.45) is 0 Å². The number of likely N-dealkylation sites (N-methyl/N-ethyl adjacent to an activating group) is 1. The average Bonchev–Trinajstić information content (AvgIpc) is 3.12. The minimum absolute atomic E-state index is 0.0628. The van der Waals surface area contributed by atoms with E-state index < -0.39 is 15.7 Å². The Labute approximate surface area is 192 Å². The zero-order valence-corrected chi connectivity index (χ0v) is 20.4. The molecule has 32 heavy (non-hydrogen) atoms. The Morgan fingerprint density at radius 2 is 1.78 bits per heavy atom.